The van der Waals surface area contributed by atoms with Crippen LogP contribution in [0.15, 0.2) is 30.3 Å². The van der Waals surface area contributed by atoms with Gasteiger partial charge >= 0.3 is 0 Å². The van der Waals surface area contributed by atoms with Crippen LogP contribution in [0.5, 0.6) is 0 Å². The fraction of sp³-hybridized carbons (Fsp3) is 0.500. The molecule has 0 aliphatic heterocycles. The Hall–Kier alpha value is -0.820. The fourth-order valence-electron chi connectivity index (χ4n) is 1.42. The normalized spacial score (nSPS) is 12.8. The van der Waals surface area contributed by atoms with Crippen molar-refractivity contribution in [2.45, 2.75) is 26.2 Å². The Balaban J connectivity index is 2.27. The molecule has 1 atom stereocenters. The molecule has 0 aliphatic rings. The first-order valence-corrected chi connectivity index (χ1v) is 4.97. The van der Waals surface area contributed by atoms with Crippen LogP contribution in [0.4, 0.5) is 0 Å². The molecule has 0 saturated carbocycles. The van der Waals surface area contributed by atoms with Crippen molar-refractivity contribution in [3.8, 4) is 0 Å². The molecule has 1 heteroatoms. The van der Waals surface area contributed by atoms with Gasteiger partial charge in [0.15, 0.2) is 0 Å². The van der Waals surface area contributed by atoms with Gasteiger partial charge in [0.05, 0.1) is 0 Å². The van der Waals surface area contributed by atoms with E-state index in [1.165, 1.54) is 12.0 Å². The molecule has 1 aromatic rings. The standard InChI is InChI=1S/C12H18O/c1-11(9-10-13)7-8-12-5-3-2-4-6-12/h2-6,11,13H,7-10H2,1H3/t11-/m0/s1. The van der Waals surface area contributed by atoms with Crippen molar-refractivity contribution in [1.82, 2.24) is 0 Å². The van der Waals surface area contributed by atoms with E-state index in [0.717, 1.165) is 12.8 Å². The highest BCUT2D eigenvalue weighted by Crippen LogP contribution is 2.11. The Kier molecular flexibility index (Phi) is 4.55. The Morgan fingerprint density at radius 2 is 1.85 bits per heavy atom. The van der Waals surface area contributed by atoms with E-state index in [2.05, 4.69) is 31.2 Å². The maximum atomic E-state index is 8.73. The van der Waals surface area contributed by atoms with E-state index >= 15 is 0 Å². The van der Waals surface area contributed by atoms with Crippen LogP contribution in [0.3, 0.4) is 0 Å². The number of hydrogen-bond donors (Lipinski definition) is 1. The molecule has 0 spiro atoms. The number of aryl methyl sites for hydroxylation is 1. The molecule has 0 saturated heterocycles. The summed E-state index contributed by atoms with van der Waals surface area (Å²) in [5.74, 6) is 0.630. The second-order valence-corrected chi connectivity index (χ2v) is 3.64. The van der Waals surface area contributed by atoms with E-state index < -0.39 is 0 Å². The van der Waals surface area contributed by atoms with Gasteiger partial charge in [-0.1, -0.05) is 37.3 Å². The first-order chi connectivity index (χ1) is 6.33. The molecule has 0 bridgehead atoms. The summed E-state index contributed by atoms with van der Waals surface area (Å²) in [6, 6.07) is 10.5. The van der Waals surface area contributed by atoms with Gasteiger partial charge in [-0.25, -0.2) is 0 Å². The van der Waals surface area contributed by atoms with E-state index in [1.54, 1.807) is 0 Å². The Bertz CT molecular complexity index is 218. The summed E-state index contributed by atoms with van der Waals surface area (Å²) in [6.45, 7) is 2.51. The topological polar surface area (TPSA) is 20.2 Å². The first-order valence-electron chi connectivity index (χ1n) is 4.97. The summed E-state index contributed by atoms with van der Waals surface area (Å²) >= 11 is 0. The zero-order valence-electron chi connectivity index (χ0n) is 8.24. The average Bonchev–Trinajstić information content (AvgIpc) is 2.17. The summed E-state index contributed by atoms with van der Waals surface area (Å²) in [5, 5.41) is 8.73. The van der Waals surface area contributed by atoms with Crippen LogP contribution in [0.2, 0.25) is 0 Å². The minimum absolute atomic E-state index is 0.315. The quantitative estimate of drug-likeness (QED) is 0.735. The van der Waals surface area contributed by atoms with Crippen LogP contribution in [0, 0.1) is 5.92 Å². The maximum Gasteiger partial charge on any atom is 0.0433 e. The molecule has 0 fully saturated rings. The monoisotopic (exact) mass is 178 g/mol. The number of benzene rings is 1. The molecule has 0 unspecified atom stereocenters. The lowest BCUT2D eigenvalue weighted by molar-refractivity contribution is 0.258. The van der Waals surface area contributed by atoms with E-state index in [9.17, 15) is 0 Å². The summed E-state index contributed by atoms with van der Waals surface area (Å²) in [7, 11) is 0. The van der Waals surface area contributed by atoms with Gasteiger partial charge in [0.2, 0.25) is 0 Å². The highest BCUT2D eigenvalue weighted by atomic mass is 16.2. The molecule has 1 N–H and O–H groups in total. The summed E-state index contributed by atoms with van der Waals surface area (Å²) in [4.78, 5) is 0. The molecular weight excluding hydrogens is 160 g/mol. The van der Waals surface area contributed by atoms with Crippen molar-refractivity contribution in [2.75, 3.05) is 6.61 Å². The highest BCUT2D eigenvalue weighted by Gasteiger charge is 2.00. The molecule has 1 aromatic carbocycles. The number of aliphatic hydroxyl groups is 1. The maximum absolute atomic E-state index is 8.73. The molecule has 13 heavy (non-hydrogen) atoms. The molecule has 0 heterocycles. The van der Waals surface area contributed by atoms with Gasteiger partial charge in [0.1, 0.15) is 0 Å². The van der Waals surface area contributed by atoms with Gasteiger partial charge < -0.3 is 5.11 Å². The van der Waals surface area contributed by atoms with Gasteiger partial charge in [-0.05, 0) is 30.7 Å². The second-order valence-electron chi connectivity index (χ2n) is 3.64. The summed E-state index contributed by atoms with van der Waals surface area (Å²) in [5.41, 5.74) is 1.40. The Morgan fingerprint density at radius 3 is 2.46 bits per heavy atom. The minimum atomic E-state index is 0.315. The van der Waals surface area contributed by atoms with Crippen molar-refractivity contribution in [1.29, 1.82) is 0 Å². The van der Waals surface area contributed by atoms with Crippen molar-refractivity contribution in [3.05, 3.63) is 35.9 Å². The molecule has 1 rings (SSSR count). The fourth-order valence-corrected chi connectivity index (χ4v) is 1.42. The van der Waals surface area contributed by atoms with Gasteiger partial charge in [0.25, 0.3) is 0 Å². The first kappa shape index (κ1) is 10.3. The molecular formula is C12H18O. The Morgan fingerprint density at radius 1 is 1.15 bits per heavy atom. The molecule has 0 radical (unpaired) electrons. The summed E-state index contributed by atoms with van der Waals surface area (Å²) in [6.07, 6.45) is 3.22. The van der Waals surface area contributed by atoms with Crippen molar-refractivity contribution in [3.63, 3.8) is 0 Å². The number of rotatable bonds is 5. The van der Waals surface area contributed by atoms with Gasteiger partial charge in [-0.2, -0.15) is 0 Å². The smallest absolute Gasteiger partial charge is 0.0433 e. The van der Waals surface area contributed by atoms with Crippen LogP contribution >= 0.6 is 0 Å². The molecule has 0 amide bonds. The second kappa shape index (κ2) is 5.76. The van der Waals surface area contributed by atoms with Crippen LogP contribution in [0.1, 0.15) is 25.3 Å². The van der Waals surface area contributed by atoms with Crippen molar-refractivity contribution >= 4 is 0 Å². The average molecular weight is 178 g/mol. The number of hydrogen-bond acceptors (Lipinski definition) is 1. The lowest BCUT2D eigenvalue weighted by Gasteiger charge is -2.08. The number of aliphatic hydroxyl groups excluding tert-OH is 1. The third-order valence-electron chi connectivity index (χ3n) is 2.39. The Labute approximate surface area is 80.4 Å². The third kappa shape index (κ3) is 4.09. The van der Waals surface area contributed by atoms with E-state index in [4.69, 9.17) is 5.11 Å². The van der Waals surface area contributed by atoms with Crippen LogP contribution < -0.4 is 0 Å². The molecule has 1 nitrogen and oxygen atoms in total. The minimum Gasteiger partial charge on any atom is -0.396 e. The van der Waals surface area contributed by atoms with Crippen molar-refractivity contribution < 1.29 is 5.11 Å². The van der Waals surface area contributed by atoms with E-state index in [-0.39, 0.29) is 0 Å². The van der Waals surface area contributed by atoms with Gasteiger partial charge in [0, 0.05) is 6.61 Å². The largest absolute Gasteiger partial charge is 0.396 e. The van der Waals surface area contributed by atoms with E-state index in [0.29, 0.717) is 12.5 Å². The SMILES string of the molecule is C[C@H](CCO)CCc1ccccc1. The van der Waals surface area contributed by atoms with E-state index in [1.807, 2.05) is 6.07 Å². The molecule has 0 aromatic heterocycles. The third-order valence-corrected chi connectivity index (χ3v) is 2.39. The molecule has 0 aliphatic carbocycles. The predicted octanol–water partition coefficient (Wildman–Crippen LogP) is 2.64. The zero-order chi connectivity index (χ0) is 9.52. The lowest BCUT2D eigenvalue weighted by Crippen LogP contribution is -1.99. The van der Waals surface area contributed by atoms with Crippen LogP contribution in [-0.4, -0.2) is 11.7 Å². The summed E-state index contributed by atoms with van der Waals surface area (Å²) < 4.78 is 0. The van der Waals surface area contributed by atoms with Crippen LogP contribution in [0.25, 0.3) is 0 Å². The lowest BCUT2D eigenvalue weighted by atomic mass is 9.99. The zero-order valence-corrected chi connectivity index (χ0v) is 8.24. The molecule has 72 valence electrons. The van der Waals surface area contributed by atoms with Gasteiger partial charge in [-0.3, -0.25) is 0 Å². The van der Waals surface area contributed by atoms with Crippen molar-refractivity contribution in [2.24, 2.45) is 5.92 Å². The van der Waals surface area contributed by atoms with Gasteiger partial charge in [-0.15, -0.1) is 0 Å². The highest BCUT2D eigenvalue weighted by molar-refractivity contribution is 5.14. The predicted molar refractivity (Wildman–Crippen MR) is 55.6 cm³/mol. The van der Waals surface area contributed by atoms with Crippen LogP contribution in [-0.2, 0) is 6.42 Å².